The summed E-state index contributed by atoms with van der Waals surface area (Å²) in [5.41, 5.74) is 3.13. The van der Waals surface area contributed by atoms with Crippen LogP contribution in [-0.2, 0) is 0 Å². The topological polar surface area (TPSA) is 54.8 Å². The van der Waals surface area contributed by atoms with Crippen molar-refractivity contribution in [1.82, 2.24) is 4.98 Å². The molecule has 0 fully saturated rings. The van der Waals surface area contributed by atoms with Crippen molar-refractivity contribution in [3.05, 3.63) is 71.3 Å². The van der Waals surface area contributed by atoms with Crippen molar-refractivity contribution in [3.63, 3.8) is 0 Å². The third-order valence-corrected chi connectivity index (χ3v) is 4.97. The Morgan fingerprint density at radius 2 is 1.93 bits per heavy atom. The summed E-state index contributed by atoms with van der Waals surface area (Å²) in [5.74, 6) is 2.27. The number of carbonyl (C=O) groups excluding carboxylic acids is 1. The summed E-state index contributed by atoms with van der Waals surface area (Å²) in [5, 5.41) is 1.06. The maximum absolute atomic E-state index is 13.2. The molecule has 0 saturated carbocycles. The average molecular weight is 355 g/mol. The highest BCUT2D eigenvalue weighted by Crippen LogP contribution is 2.34. The molecule has 3 aromatic rings. The zero-order valence-corrected chi connectivity index (χ0v) is 14.8. The van der Waals surface area contributed by atoms with Gasteiger partial charge in [0, 0.05) is 23.1 Å². The van der Waals surface area contributed by atoms with Gasteiger partial charge in [-0.15, -0.1) is 0 Å². The summed E-state index contributed by atoms with van der Waals surface area (Å²) in [6.45, 7) is 1.40. The van der Waals surface area contributed by atoms with E-state index in [0.29, 0.717) is 23.5 Å². The number of anilines is 1. The van der Waals surface area contributed by atoms with Gasteiger partial charge in [0.05, 0.1) is 24.7 Å². The highest BCUT2D eigenvalue weighted by atomic mass is 16.5. The number of carbonyl (C=O) groups is 1. The maximum atomic E-state index is 13.2. The second-order valence-corrected chi connectivity index (χ2v) is 6.57. The number of fused-ring (bicyclic) bond motifs is 4. The number of aromatic nitrogens is 1. The Labute approximate surface area is 156 Å². The van der Waals surface area contributed by atoms with E-state index in [4.69, 9.17) is 9.72 Å². The Kier molecular flexibility index (Phi) is 3.53. The van der Waals surface area contributed by atoms with Crippen molar-refractivity contribution >= 4 is 34.4 Å². The molecule has 0 atom stereocenters. The van der Waals surface area contributed by atoms with E-state index in [0.717, 1.165) is 34.6 Å². The van der Waals surface area contributed by atoms with Crippen molar-refractivity contribution in [2.45, 2.75) is 0 Å². The van der Waals surface area contributed by atoms with Gasteiger partial charge in [0.15, 0.2) is 5.78 Å². The zero-order valence-electron chi connectivity index (χ0n) is 14.8. The smallest absolute Gasteiger partial charge is 0.196 e. The molecule has 1 aromatic heterocycles. The summed E-state index contributed by atoms with van der Waals surface area (Å²) in [7, 11) is 1.61. The highest BCUT2D eigenvalue weighted by molar-refractivity contribution is 6.35. The number of ketones is 1. The van der Waals surface area contributed by atoms with E-state index in [1.54, 1.807) is 31.4 Å². The standard InChI is InChI=1S/C22H17N3O2/c1-27-17-8-6-14(7-9-17)20(26)18-13-16-12-15-4-2-3-5-19(15)24-21(16)25-11-10-23-22(18)25/h2-9,12-13H,10-11H2,1H3. The third-order valence-electron chi connectivity index (χ3n) is 4.97. The lowest BCUT2D eigenvalue weighted by atomic mass is 9.96. The first-order chi connectivity index (χ1) is 13.2. The third kappa shape index (κ3) is 2.51. The Hall–Kier alpha value is -3.47. The summed E-state index contributed by atoms with van der Waals surface area (Å²) in [6.07, 6.45) is 1.92. The Balaban J connectivity index is 1.64. The van der Waals surface area contributed by atoms with Crippen LogP contribution in [0.2, 0.25) is 0 Å². The normalized spacial score (nSPS) is 15.1. The lowest BCUT2D eigenvalue weighted by Gasteiger charge is -2.27. The van der Waals surface area contributed by atoms with Gasteiger partial charge in [0.2, 0.25) is 0 Å². The molecule has 0 saturated heterocycles. The molecule has 5 nitrogen and oxygen atoms in total. The molecule has 2 aliphatic rings. The van der Waals surface area contributed by atoms with E-state index in [-0.39, 0.29) is 5.78 Å². The molecule has 0 spiro atoms. The molecule has 27 heavy (non-hydrogen) atoms. The van der Waals surface area contributed by atoms with Crippen LogP contribution >= 0.6 is 0 Å². The maximum Gasteiger partial charge on any atom is 0.196 e. The van der Waals surface area contributed by atoms with Crippen LogP contribution in [-0.4, -0.2) is 36.8 Å². The molecular formula is C22H17N3O2. The minimum absolute atomic E-state index is 0.0397. The number of nitrogens with zero attached hydrogens (tertiary/aromatic N) is 3. The molecule has 0 bridgehead atoms. The van der Waals surface area contributed by atoms with Gasteiger partial charge < -0.3 is 9.64 Å². The quantitative estimate of drug-likeness (QED) is 0.672. The van der Waals surface area contributed by atoms with Gasteiger partial charge in [-0.1, -0.05) is 18.2 Å². The number of benzene rings is 2. The van der Waals surface area contributed by atoms with E-state index in [1.165, 1.54) is 0 Å². The Morgan fingerprint density at radius 3 is 2.74 bits per heavy atom. The largest absolute Gasteiger partial charge is 0.497 e. The number of hydrogen-bond acceptors (Lipinski definition) is 5. The minimum atomic E-state index is -0.0397. The molecule has 2 aromatic carbocycles. The van der Waals surface area contributed by atoms with Crippen molar-refractivity contribution < 1.29 is 9.53 Å². The number of amidine groups is 1. The van der Waals surface area contributed by atoms with Crippen LogP contribution in [0.5, 0.6) is 5.75 Å². The van der Waals surface area contributed by atoms with Gasteiger partial charge in [0.25, 0.3) is 0 Å². The molecule has 0 N–H and O–H groups in total. The summed E-state index contributed by atoms with van der Waals surface area (Å²) >= 11 is 0. The van der Waals surface area contributed by atoms with Gasteiger partial charge in [-0.25, -0.2) is 4.98 Å². The number of pyridine rings is 1. The predicted octanol–water partition coefficient (Wildman–Crippen LogP) is 3.74. The fraction of sp³-hybridized carbons (Fsp3) is 0.136. The predicted molar refractivity (Wildman–Crippen MR) is 107 cm³/mol. The van der Waals surface area contributed by atoms with Crippen LogP contribution in [0.4, 0.5) is 5.82 Å². The zero-order chi connectivity index (χ0) is 18.4. The van der Waals surface area contributed by atoms with E-state index in [1.807, 2.05) is 30.3 Å². The number of para-hydroxylation sites is 1. The molecule has 0 aliphatic carbocycles. The van der Waals surface area contributed by atoms with Crippen LogP contribution in [0.1, 0.15) is 15.9 Å². The highest BCUT2D eigenvalue weighted by Gasteiger charge is 2.32. The molecule has 3 heterocycles. The Bertz CT molecular complexity index is 1130. The second-order valence-electron chi connectivity index (χ2n) is 6.57. The lowest BCUT2D eigenvalue weighted by Crippen LogP contribution is -2.35. The fourth-order valence-electron chi connectivity index (χ4n) is 3.61. The fourth-order valence-corrected chi connectivity index (χ4v) is 3.61. The van der Waals surface area contributed by atoms with Crippen LogP contribution in [0, 0.1) is 0 Å². The van der Waals surface area contributed by atoms with Crippen molar-refractivity contribution in [3.8, 4) is 5.75 Å². The van der Waals surface area contributed by atoms with E-state index < -0.39 is 0 Å². The van der Waals surface area contributed by atoms with Crippen LogP contribution in [0.15, 0.2) is 65.2 Å². The first kappa shape index (κ1) is 15.8. The molecule has 0 amide bonds. The number of Topliss-reactive ketones (excluding diaryl/α,β-unsaturated/α-hetero) is 1. The number of aliphatic imine (C=N–C) groups is 1. The number of methoxy groups -OCH3 is 1. The van der Waals surface area contributed by atoms with Crippen LogP contribution < -0.4 is 9.64 Å². The SMILES string of the molecule is COc1ccc(C(=O)C2=Cc3cc4ccccc4nc3N3CCN=C23)cc1. The second kappa shape index (κ2) is 6.06. The molecule has 5 rings (SSSR count). The molecule has 5 heteroatoms. The van der Waals surface area contributed by atoms with E-state index in [9.17, 15) is 4.79 Å². The molecular weight excluding hydrogens is 338 g/mol. The van der Waals surface area contributed by atoms with Crippen molar-refractivity contribution in [1.29, 1.82) is 0 Å². The molecule has 132 valence electrons. The summed E-state index contributed by atoms with van der Waals surface area (Å²) in [6, 6.07) is 17.3. The monoisotopic (exact) mass is 355 g/mol. The average Bonchev–Trinajstić information content (AvgIpc) is 3.21. The van der Waals surface area contributed by atoms with Gasteiger partial charge in [0.1, 0.15) is 17.4 Å². The minimum Gasteiger partial charge on any atom is -0.497 e. The van der Waals surface area contributed by atoms with Crippen LogP contribution in [0.25, 0.3) is 17.0 Å². The van der Waals surface area contributed by atoms with Gasteiger partial charge in [-0.2, -0.15) is 0 Å². The Morgan fingerprint density at radius 1 is 1.11 bits per heavy atom. The number of rotatable bonds is 3. The van der Waals surface area contributed by atoms with Crippen LogP contribution in [0.3, 0.4) is 0 Å². The number of ether oxygens (including phenoxy) is 1. The number of hydrogen-bond donors (Lipinski definition) is 0. The van der Waals surface area contributed by atoms with Crippen molar-refractivity contribution in [2.24, 2.45) is 4.99 Å². The van der Waals surface area contributed by atoms with E-state index in [2.05, 4.69) is 16.0 Å². The molecule has 2 aliphatic heterocycles. The lowest BCUT2D eigenvalue weighted by molar-refractivity contribution is 0.104. The van der Waals surface area contributed by atoms with Gasteiger partial charge >= 0.3 is 0 Å². The van der Waals surface area contributed by atoms with Gasteiger partial charge in [-0.05, 0) is 42.5 Å². The van der Waals surface area contributed by atoms with E-state index >= 15 is 0 Å². The summed E-state index contributed by atoms with van der Waals surface area (Å²) < 4.78 is 5.18. The first-order valence-electron chi connectivity index (χ1n) is 8.87. The summed E-state index contributed by atoms with van der Waals surface area (Å²) in [4.78, 5) is 24.6. The molecule has 0 unspecified atom stereocenters. The van der Waals surface area contributed by atoms with Gasteiger partial charge in [-0.3, -0.25) is 9.79 Å². The van der Waals surface area contributed by atoms with Crippen molar-refractivity contribution in [2.75, 3.05) is 25.1 Å². The molecule has 0 radical (unpaired) electrons. The first-order valence-corrected chi connectivity index (χ1v) is 8.87.